The normalized spacial score (nSPS) is 22.1. The van der Waals surface area contributed by atoms with Crippen LogP contribution in [-0.4, -0.2) is 34.1 Å². The molecule has 1 aromatic heterocycles. The van der Waals surface area contributed by atoms with Crippen molar-refractivity contribution in [3.63, 3.8) is 0 Å². The van der Waals surface area contributed by atoms with Gasteiger partial charge >= 0.3 is 5.88 Å². The third kappa shape index (κ3) is 2.34. The smallest absolute Gasteiger partial charge is 0.404 e. The number of nitro groups is 1. The summed E-state index contributed by atoms with van der Waals surface area (Å²) in [6.07, 6.45) is 0.470. The Labute approximate surface area is 86.3 Å². The number of hydrogen-bond donors (Lipinski definition) is 1. The number of β-amino-alcohol motifs (C(OH)–C–C–N with tert-alkyl or cyclic N) is 1. The first-order valence-corrected chi connectivity index (χ1v) is 4.78. The van der Waals surface area contributed by atoms with Crippen LogP contribution >= 0.6 is 0 Å². The molecule has 0 aromatic carbocycles. The molecule has 1 saturated heterocycles. The molecule has 0 bridgehead atoms. The van der Waals surface area contributed by atoms with Gasteiger partial charge in [-0.2, -0.15) is 0 Å². The van der Waals surface area contributed by atoms with Gasteiger partial charge in [0.05, 0.1) is 18.7 Å². The SMILES string of the molecule is O=[N+]([O-])c1ccc(CN2CCC(O)C2)o1. The Balaban J connectivity index is 1.96. The van der Waals surface area contributed by atoms with Crippen LogP contribution in [0, 0.1) is 10.1 Å². The second-order valence-electron chi connectivity index (χ2n) is 3.67. The van der Waals surface area contributed by atoms with Gasteiger partial charge in [-0.05, 0) is 12.5 Å². The van der Waals surface area contributed by atoms with Crippen molar-refractivity contribution in [2.45, 2.75) is 19.1 Å². The molecule has 82 valence electrons. The lowest BCUT2D eigenvalue weighted by Gasteiger charge is -2.11. The molecule has 6 heteroatoms. The van der Waals surface area contributed by atoms with Gasteiger partial charge in [0.15, 0.2) is 0 Å². The van der Waals surface area contributed by atoms with E-state index in [1.54, 1.807) is 6.07 Å². The number of rotatable bonds is 3. The van der Waals surface area contributed by atoms with E-state index < -0.39 is 4.92 Å². The molecule has 0 aliphatic carbocycles. The molecule has 1 N–H and O–H groups in total. The van der Waals surface area contributed by atoms with E-state index in [0.717, 1.165) is 13.0 Å². The summed E-state index contributed by atoms with van der Waals surface area (Å²) in [5.41, 5.74) is 0. The Morgan fingerprint density at radius 1 is 1.67 bits per heavy atom. The third-order valence-corrected chi connectivity index (χ3v) is 2.45. The fourth-order valence-corrected chi connectivity index (χ4v) is 1.73. The van der Waals surface area contributed by atoms with E-state index in [0.29, 0.717) is 18.8 Å². The topological polar surface area (TPSA) is 79.8 Å². The molecule has 1 fully saturated rings. The molecule has 2 rings (SSSR count). The fraction of sp³-hybridized carbons (Fsp3) is 0.556. The van der Waals surface area contributed by atoms with E-state index in [1.165, 1.54) is 6.07 Å². The van der Waals surface area contributed by atoms with Gasteiger partial charge in [-0.3, -0.25) is 15.0 Å². The standard InChI is InChI=1S/C9H12N2O4/c12-7-3-4-10(5-7)6-8-1-2-9(15-8)11(13)14/h1-2,7,12H,3-6H2. The Bertz CT molecular complexity index is 363. The number of nitrogens with zero attached hydrogens (tertiary/aromatic N) is 2. The summed E-state index contributed by atoms with van der Waals surface area (Å²) in [4.78, 5) is 11.8. The van der Waals surface area contributed by atoms with Crippen LogP contribution in [0.3, 0.4) is 0 Å². The van der Waals surface area contributed by atoms with Crippen LogP contribution in [0.5, 0.6) is 0 Å². The van der Waals surface area contributed by atoms with Gasteiger partial charge in [-0.1, -0.05) is 0 Å². The van der Waals surface area contributed by atoms with E-state index in [-0.39, 0.29) is 12.0 Å². The zero-order valence-electron chi connectivity index (χ0n) is 8.13. The summed E-state index contributed by atoms with van der Waals surface area (Å²) in [5.74, 6) is 0.334. The molecule has 1 atom stereocenters. The highest BCUT2D eigenvalue weighted by atomic mass is 16.6. The van der Waals surface area contributed by atoms with E-state index in [2.05, 4.69) is 0 Å². The summed E-state index contributed by atoms with van der Waals surface area (Å²) in [7, 11) is 0. The molecule has 0 saturated carbocycles. The Hall–Kier alpha value is -1.40. The maximum Gasteiger partial charge on any atom is 0.433 e. The van der Waals surface area contributed by atoms with Gasteiger partial charge in [0.1, 0.15) is 10.7 Å². The predicted molar refractivity (Wildman–Crippen MR) is 51.3 cm³/mol. The number of aliphatic hydroxyl groups excluding tert-OH is 1. The van der Waals surface area contributed by atoms with Crippen molar-refractivity contribution < 1.29 is 14.4 Å². The van der Waals surface area contributed by atoms with Crippen LogP contribution < -0.4 is 0 Å². The minimum Gasteiger partial charge on any atom is -0.404 e. The average molecular weight is 212 g/mol. The zero-order valence-corrected chi connectivity index (χ0v) is 8.13. The molecule has 1 aromatic rings. The molecule has 1 unspecified atom stereocenters. The number of aliphatic hydroxyl groups is 1. The van der Waals surface area contributed by atoms with Gasteiger partial charge < -0.3 is 9.52 Å². The van der Waals surface area contributed by atoms with Crippen molar-refractivity contribution in [1.29, 1.82) is 0 Å². The van der Waals surface area contributed by atoms with Gasteiger partial charge in [-0.25, -0.2) is 0 Å². The van der Waals surface area contributed by atoms with E-state index in [9.17, 15) is 15.2 Å². The molecular weight excluding hydrogens is 200 g/mol. The van der Waals surface area contributed by atoms with Gasteiger partial charge in [0.25, 0.3) is 0 Å². The summed E-state index contributed by atoms with van der Waals surface area (Å²) < 4.78 is 5.02. The lowest BCUT2D eigenvalue weighted by atomic mass is 10.3. The van der Waals surface area contributed by atoms with Crippen molar-refractivity contribution >= 4 is 5.88 Å². The van der Waals surface area contributed by atoms with Crippen LogP contribution in [0.25, 0.3) is 0 Å². The van der Waals surface area contributed by atoms with Crippen molar-refractivity contribution in [3.8, 4) is 0 Å². The summed E-state index contributed by atoms with van der Waals surface area (Å²) >= 11 is 0. The zero-order chi connectivity index (χ0) is 10.8. The van der Waals surface area contributed by atoms with Crippen LogP contribution in [-0.2, 0) is 6.54 Å². The van der Waals surface area contributed by atoms with Crippen LogP contribution in [0.1, 0.15) is 12.2 Å². The molecule has 0 radical (unpaired) electrons. The first-order valence-electron chi connectivity index (χ1n) is 4.78. The maximum absolute atomic E-state index is 10.4. The highest BCUT2D eigenvalue weighted by Crippen LogP contribution is 2.19. The van der Waals surface area contributed by atoms with Gasteiger partial charge in [0, 0.05) is 13.1 Å². The molecule has 1 aliphatic heterocycles. The molecule has 6 nitrogen and oxygen atoms in total. The van der Waals surface area contributed by atoms with Crippen LogP contribution in [0.4, 0.5) is 5.88 Å². The minimum atomic E-state index is -0.553. The Kier molecular flexibility index (Phi) is 2.70. The van der Waals surface area contributed by atoms with Gasteiger partial charge in [0.2, 0.25) is 0 Å². The fourth-order valence-electron chi connectivity index (χ4n) is 1.73. The Morgan fingerprint density at radius 3 is 3.00 bits per heavy atom. The van der Waals surface area contributed by atoms with Crippen molar-refractivity contribution in [2.24, 2.45) is 0 Å². The summed E-state index contributed by atoms with van der Waals surface area (Å²) in [5, 5.41) is 19.7. The van der Waals surface area contributed by atoms with Crippen molar-refractivity contribution in [1.82, 2.24) is 4.90 Å². The monoisotopic (exact) mass is 212 g/mol. The Morgan fingerprint density at radius 2 is 2.47 bits per heavy atom. The van der Waals surface area contributed by atoms with E-state index in [1.807, 2.05) is 4.90 Å². The largest absolute Gasteiger partial charge is 0.433 e. The first kappa shape index (κ1) is 10.1. The van der Waals surface area contributed by atoms with Crippen LogP contribution in [0.15, 0.2) is 16.5 Å². The molecule has 2 heterocycles. The van der Waals surface area contributed by atoms with Crippen molar-refractivity contribution in [3.05, 3.63) is 28.0 Å². The molecule has 0 amide bonds. The molecule has 15 heavy (non-hydrogen) atoms. The maximum atomic E-state index is 10.4. The highest BCUT2D eigenvalue weighted by molar-refractivity contribution is 5.17. The number of likely N-dealkylation sites (tertiary alicyclic amines) is 1. The molecular formula is C9H12N2O4. The van der Waals surface area contributed by atoms with E-state index >= 15 is 0 Å². The number of furan rings is 1. The van der Waals surface area contributed by atoms with Crippen LogP contribution in [0.2, 0.25) is 0 Å². The van der Waals surface area contributed by atoms with Gasteiger partial charge in [-0.15, -0.1) is 0 Å². The second-order valence-corrected chi connectivity index (χ2v) is 3.67. The quantitative estimate of drug-likeness (QED) is 0.590. The summed E-state index contributed by atoms with van der Waals surface area (Å²) in [6, 6.07) is 2.95. The van der Waals surface area contributed by atoms with Crippen molar-refractivity contribution in [2.75, 3.05) is 13.1 Å². The average Bonchev–Trinajstić information content (AvgIpc) is 2.76. The second kappa shape index (κ2) is 4.00. The molecule has 1 aliphatic rings. The lowest BCUT2D eigenvalue weighted by molar-refractivity contribution is -0.402. The third-order valence-electron chi connectivity index (χ3n) is 2.45. The van der Waals surface area contributed by atoms with E-state index in [4.69, 9.17) is 4.42 Å². The number of hydrogen-bond acceptors (Lipinski definition) is 5. The first-order chi connectivity index (χ1) is 7.15. The summed E-state index contributed by atoms with van der Waals surface area (Å²) in [6.45, 7) is 1.93. The minimum absolute atomic E-state index is 0.232. The lowest BCUT2D eigenvalue weighted by Crippen LogP contribution is -2.21. The molecule has 0 spiro atoms. The highest BCUT2D eigenvalue weighted by Gasteiger charge is 2.22. The predicted octanol–water partition coefficient (Wildman–Crippen LogP) is 0.754.